The fraction of sp³-hybridized carbons (Fsp3) is 0.182. The molecule has 0 aliphatic rings. The maximum atomic E-state index is 10.6. The Labute approximate surface area is 160 Å². The Hall–Kier alpha value is -0.510. The van der Waals surface area contributed by atoms with Gasteiger partial charge in [0.25, 0.3) is 0 Å². The molecule has 23 heavy (non-hydrogen) atoms. The minimum absolute atomic E-state index is 0.142. The maximum Gasteiger partial charge on any atom is 0.342 e. The predicted octanol–water partition coefficient (Wildman–Crippen LogP) is 4.71. The van der Waals surface area contributed by atoms with Crippen molar-refractivity contribution in [3.8, 4) is 0 Å². The Kier molecular flexibility index (Phi) is 8.66. The van der Waals surface area contributed by atoms with Gasteiger partial charge in [0.2, 0.25) is 0 Å². The first-order valence-electron chi connectivity index (χ1n) is 5.52. The molecular weight excluding hydrogens is 426 g/mol. The number of halogens is 4. The van der Waals surface area contributed by atoms with Gasteiger partial charge in [-0.2, -0.15) is 0 Å². The fourth-order valence-corrected chi connectivity index (χ4v) is 3.04. The molecule has 2 heterocycles. The van der Waals surface area contributed by atoms with Crippen molar-refractivity contribution in [2.75, 3.05) is 12.5 Å². The van der Waals surface area contributed by atoms with Crippen LogP contribution in [0, 0.1) is 0 Å². The number of carboxylic acid groups (broad SMARTS) is 1. The number of hydrogen-bond acceptors (Lipinski definition) is 7. The van der Waals surface area contributed by atoms with Crippen LogP contribution in [0.25, 0.3) is 0 Å². The third-order valence-electron chi connectivity index (χ3n) is 2.02. The first kappa shape index (κ1) is 20.5. The highest BCUT2D eigenvalue weighted by atomic mass is 35.5. The first-order valence-corrected chi connectivity index (χ1v) is 9.49. The molecule has 0 spiro atoms. The molecular formula is C11H8Cl4N4O2S2. The van der Waals surface area contributed by atoms with Crippen molar-refractivity contribution in [1.82, 2.24) is 19.9 Å². The summed E-state index contributed by atoms with van der Waals surface area (Å²) in [6.07, 6.45) is 3.60. The molecule has 124 valence electrons. The van der Waals surface area contributed by atoms with Gasteiger partial charge in [0.05, 0.1) is 0 Å². The zero-order valence-corrected chi connectivity index (χ0v) is 16.2. The standard InChI is InChI=1S/C6H4Cl2N2O2S.C5H4Cl2N2S/c1-13-6-9-3(7)2(5(11)12)4(8)10-6;1-10-5-8-3(6)2-4(7)9-5/h1H3,(H,11,12);2H,1H3. The summed E-state index contributed by atoms with van der Waals surface area (Å²) in [7, 11) is 0. The van der Waals surface area contributed by atoms with Gasteiger partial charge in [0, 0.05) is 6.07 Å². The van der Waals surface area contributed by atoms with Crippen LogP contribution in [0.4, 0.5) is 0 Å². The van der Waals surface area contributed by atoms with Crippen molar-refractivity contribution in [3.63, 3.8) is 0 Å². The van der Waals surface area contributed by atoms with E-state index in [2.05, 4.69) is 19.9 Å². The SMILES string of the molecule is CSc1nc(Cl)c(C(=O)O)c(Cl)n1.CSc1nc(Cl)cc(Cl)n1. The number of carbonyl (C=O) groups is 1. The van der Waals surface area contributed by atoms with Crippen molar-refractivity contribution in [1.29, 1.82) is 0 Å². The van der Waals surface area contributed by atoms with E-state index in [1.54, 1.807) is 6.26 Å². The van der Waals surface area contributed by atoms with Crippen LogP contribution in [0.3, 0.4) is 0 Å². The largest absolute Gasteiger partial charge is 0.477 e. The van der Waals surface area contributed by atoms with Gasteiger partial charge in [-0.3, -0.25) is 0 Å². The van der Waals surface area contributed by atoms with Crippen molar-refractivity contribution in [3.05, 3.63) is 32.2 Å². The number of thioether (sulfide) groups is 2. The smallest absolute Gasteiger partial charge is 0.342 e. The van der Waals surface area contributed by atoms with Crippen LogP contribution in [0.15, 0.2) is 16.4 Å². The molecule has 0 aliphatic carbocycles. The highest BCUT2D eigenvalue weighted by Crippen LogP contribution is 2.23. The third kappa shape index (κ3) is 6.48. The Morgan fingerprint density at radius 2 is 1.30 bits per heavy atom. The van der Waals surface area contributed by atoms with E-state index in [4.69, 9.17) is 51.5 Å². The topological polar surface area (TPSA) is 88.9 Å². The molecule has 0 atom stereocenters. The molecule has 2 rings (SSSR count). The molecule has 0 amide bonds. The van der Waals surface area contributed by atoms with Crippen LogP contribution in [-0.2, 0) is 0 Å². The summed E-state index contributed by atoms with van der Waals surface area (Å²) in [5.41, 5.74) is -0.263. The Morgan fingerprint density at radius 1 is 0.913 bits per heavy atom. The molecule has 1 N–H and O–H groups in total. The van der Waals surface area contributed by atoms with E-state index in [9.17, 15) is 4.79 Å². The lowest BCUT2D eigenvalue weighted by molar-refractivity contribution is 0.0696. The van der Waals surface area contributed by atoms with Gasteiger partial charge in [0.1, 0.15) is 26.2 Å². The number of hydrogen-bond donors (Lipinski definition) is 1. The average Bonchev–Trinajstić information content (AvgIpc) is 2.45. The van der Waals surface area contributed by atoms with Gasteiger partial charge in [-0.15, -0.1) is 0 Å². The summed E-state index contributed by atoms with van der Waals surface area (Å²) in [6.45, 7) is 0. The maximum absolute atomic E-state index is 10.6. The van der Waals surface area contributed by atoms with Gasteiger partial charge in [-0.1, -0.05) is 69.9 Å². The lowest BCUT2D eigenvalue weighted by Gasteiger charge is -2.01. The molecule has 2 aromatic heterocycles. The fourth-order valence-electron chi connectivity index (χ4n) is 1.12. The van der Waals surface area contributed by atoms with Gasteiger partial charge >= 0.3 is 5.97 Å². The summed E-state index contributed by atoms with van der Waals surface area (Å²) in [4.78, 5) is 25.8. The quantitative estimate of drug-likeness (QED) is 0.422. The average molecular weight is 434 g/mol. The van der Waals surface area contributed by atoms with E-state index in [1.165, 1.54) is 29.6 Å². The van der Waals surface area contributed by atoms with Crippen LogP contribution in [-0.4, -0.2) is 43.5 Å². The van der Waals surface area contributed by atoms with Crippen molar-refractivity contribution < 1.29 is 9.90 Å². The summed E-state index contributed by atoms with van der Waals surface area (Å²) in [6, 6.07) is 1.50. The normalized spacial score (nSPS) is 10.0. The van der Waals surface area contributed by atoms with Crippen molar-refractivity contribution >= 4 is 75.9 Å². The number of nitrogens with zero attached hydrogens (tertiary/aromatic N) is 4. The van der Waals surface area contributed by atoms with Crippen molar-refractivity contribution in [2.24, 2.45) is 0 Å². The van der Waals surface area contributed by atoms with Crippen LogP contribution in [0.2, 0.25) is 20.6 Å². The van der Waals surface area contributed by atoms with Crippen molar-refractivity contribution in [2.45, 2.75) is 10.3 Å². The highest BCUT2D eigenvalue weighted by Gasteiger charge is 2.17. The summed E-state index contributed by atoms with van der Waals surface area (Å²) < 4.78 is 0. The van der Waals surface area contributed by atoms with Gasteiger partial charge in [-0.05, 0) is 12.5 Å². The van der Waals surface area contributed by atoms with Gasteiger partial charge in [-0.25, -0.2) is 24.7 Å². The molecule has 0 fully saturated rings. The summed E-state index contributed by atoms with van der Waals surface area (Å²) in [5, 5.41) is 10.1. The molecule has 0 aliphatic heterocycles. The van der Waals surface area contributed by atoms with E-state index >= 15 is 0 Å². The Morgan fingerprint density at radius 3 is 1.65 bits per heavy atom. The molecule has 0 saturated carbocycles. The molecule has 0 unspecified atom stereocenters. The molecule has 0 radical (unpaired) electrons. The van der Waals surface area contributed by atoms with E-state index < -0.39 is 5.97 Å². The molecule has 0 aromatic carbocycles. The minimum Gasteiger partial charge on any atom is -0.477 e. The Bertz CT molecular complexity index is 677. The third-order valence-corrected chi connectivity index (χ3v) is 4.05. The van der Waals surface area contributed by atoms with E-state index in [-0.39, 0.29) is 15.9 Å². The number of aromatic nitrogens is 4. The van der Waals surface area contributed by atoms with Crippen LogP contribution in [0.1, 0.15) is 10.4 Å². The summed E-state index contributed by atoms with van der Waals surface area (Å²) in [5.74, 6) is -1.23. The van der Waals surface area contributed by atoms with E-state index in [0.717, 1.165) is 0 Å². The summed E-state index contributed by atoms with van der Waals surface area (Å²) >= 11 is 25.0. The van der Waals surface area contributed by atoms with Gasteiger partial charge in [0.15, 0.2) is 10.3 Å². The second-order valence-corrected chi connectivity index (χ2v) is 6.51. The van der Waals surface area contributed by atoms with E-state index in [1.807, 2.05) is 6.26 Å². The first-order chi connectivity index (χ1) is 10.8. The Balaban J connectivity index is 0.000000238. The van der Waals surface area contributed by atoms with Crippen LogP contribution >= 0.6 is 69.9 Å². The monoisotopic (exact) mass is 432 g/mol. The lowest BCUT2D eigenvalue weighted by Crippen LogP contribution is -2.03. The predicted molar refractivity (Wildman–Crippen MR) is 94.6 cm³/mol. The number of aromatic carboxylic acids is 1. The highest BCUT2D eigenvalue weighted by molar-refractivity contribution is 7.98. The molecule has 2 aromatic rings. The minimum atomic E-state index is -1.23. The molecule has 6 nitrogen and oxygen atoms in total. The van der Waals surface area contributed by atoms with Gasteiger partial charge < -0.3 is 5.11 Å². The number of rotatable bonds is 3. The second-order valence-electron chi connectivity index (χ2n) is 3.47. The zero-order valence-electron chi connectivity index (χ0n) is 11.6. The van der Waals surface area contributed by atoms with Crippen LogP contribution < -0.4 is 0 Å². The molecule has 12 heteroatoms. The molecule has 0 saturated heterocycles. The number of carboxylic acids is 1. The lowest BCUT2D eigenvalue weighted by atomic mass is 10.3. The molecule has 0 bridgehead atoms. The van der Waals surface area contributed by atoms with Crippen LogP contribution in [0.5, 0.6) is 0 Å². The second kappa shape index (κ2) is 9.71. The zero-order chi connectivity index (χ0) is 17.6. The van der Waals surface area contributed by atoms with E-state index in [0.29, 0.717) is 20.6 Å².